The van der Waals surface area contributed by atoms with E-state index < -0.39 is 11.6 Å². The van der Waals surface area contributed by atoms with Crippen molar-refractivity contribution in [2.75, 3.05) is 20.1 Å². The Kier molecular flexibility index (Phi) is 3.00. The molecule has 3 heteroatoms. The molecule has 1 aliphatic rings. The Hall–Kier alpha value is -0.960. The van der Waals surface area contributed by atoms with Crippen LogP contribution in [0.5, 0.6) is 0 Å². The van der Waals surface area contributed by atoms with Crippen LogP contribution < -0.4 is 0 Å². The molecule has 1 heterocycles. The molecule has 1 aromatic carbocycles. The average Bonchev–Trinajstić information content (AvgIpc) is 2.20. The smallest absolute Gasteiger partial charge is 0.129 e. The van der Waals surface area contributed by atoms with Crippen LogP contribution in [0.3, 0.4) is 0 Å². The maximum Gasteiger partial charge on any atom is 0.129 e. The molecule has 1 aliphatic heterocycles. The maximum absolute atomic E-state index is 13.5. The first-order valence-corrected chi connectivity index (χ1v) is 5.30. The summed E-state index contributed by atoms with van der Waals surface area (Å²) in [6.45, 7) is 1.98. The number of hydrogen-bond acceptors (Lipinski definition) is 1. The van der Waals surface area contributed by atoms with Crippen LogP contribution in [0.1, 0.15) is 24.3 Å². The number of piperidine rings is 1. The molecule has 15 heavy (non-hydrogen) atoms. The van der Waals surface area contributed by atoms with Crippen LogP contribution in [0.25, 0.3) is 0 Å². The van der Waals surface area contributed by atoms with Crippen molar-refractivity contribution in [2.45, 2.75) is 18.8 Å². The summed E-state index contributed by atoms with van der Waals surface area (Å²) in [7, 11) is 2.07. The molecule has 0 bridgehead atoms. The molecule has 0 unspecified atom stereocenters. The van der Waals surface area contributed by atoms with Gasteiger partial charge < -0.3 is 4.90 Å². The maximum atomic E-state index is 13.5. The third-order valence-corrected chi connectivity index (χ3v) is 3.12. The molecule has 1 aromatic rings. The second kappa shape index (κ2) is 4.27. The topological polar surface area (TPSA) is 3.24 Å². The molecule has 2 rings (SSSR count). The van der Waals surface area contributed by atoms with Crippen LogP contribution in [0.4, 0.5) is 8.78 Å². The first kappa shape index (κ1) is 10.6. The quantitative estimate of drug-likeness (QED) is 0.690. The number of hydrogen-bond donors (Lipinski definition) is 0. The highest BCUT2D eigenvalue weighted by molar-refractivity contribution is 5.23. The van der Waals surface area contributed by atoms with E-state index in [1.807, 2.05) is 0 Å². The first-order valence-electron chi connectivity index (χ1n) is 5.30. The van der Waals surface area contributed by atoms with E-state index in [4.69, 9.17) is 0 Å². The summed E-state index contributed by atoms with van der Waals surface area (Å²) in [5.74, 6) is -0.643. The van der Waals surface area contributed by atoms with Gasteiger partial charge in [-0.3, -0.25) is 0 Å². The van der Waals surface area contributed by atoms with E-state index in [0.29, 0.717) is 5.56 Å². The van der Waals surface area contributed by atoms with E-state index in [1.54, 1.807) is 6.07 Å². The standard InChI is InChI=1S/C12H15F2N/c1-15-6-4-9(5-7-15)11-3-2-10(13)8-12(11)14/h2-3,8-9H,4-7H2,1H3. The number of halogens is 2. The molecule has 0 saturated carbocycles. The fraction of sp³-hybridized carbons (Fsp3) is 0.500. The second-order valence-corrected chi connectivity index (χ2v) is 4.24. The number of likely N-dealkylation sites (tertiary alicyclic amines) is 1. The van der Waals surface area contributed by atoms with Crippen LogP contribution in [-0.4, -0.2) is 25.0 Å². The summed E-state index contributed by atoms with van der Waals surface area (Å²) < 4.78 is 26.2. The Morgan fingerprint density at radius 2 is 1.87 bits per heavy atom. The van der Waals surface area contributed by atoms with Gasteiger partial charge in [0, 0.05) is 6.07 Å². The van der Waals surface area contributed by atoms with E-state index in [2.05, 4.69) is 11.9 Å². The lowest BCUT2D eigenvalue weighted by molar-refractivity contribution is 0.253. The van der Waals surface area contributed by atoms with E-state index in [-0.39, 0.29) is 5.92 Å². The molecule has 0 N–H and O–H groups in total. The third kappa shape index (κ3) is 2.34. The minimum atomic E-state index is -0.496. The van der Waals surface area contributed by atoms with Crippen molar-refractivity contribution in [3.63, 3.8) is 0 Å². The molecule has 82 valence electrons. The molecule has 0 aromatic heterocycles. The van der Waals surface area contributed by atoms with E-state index >= 15 is 0 Å². The van der Waals surface area contributed by atoms with Gasteiger partial charge in [0.2, 0.25) is 0 Å². The van der Waals surface area contributed by atoms with Crippen molar-refractivity contribution in [3.05, 3.63) is 35.4 Å². The first-order chi connectivity index (χ1) is 7.16. The van der Waals surface area contributed by atoms with Crippen molar-refractivity contribution >= 4 is 0 Å². The van der Waals surface area contributed by atoms with Crippen molar-refractivity contribution in [3.8, 4) is 0 Å². The van der Waals surface area contributed by atoms with Crippen LogP contribution >= 0.6 is 0 Å². The summed E-state index contributed by atoms with van der Waals surface area (Å²) in [5.41, 5.74) is 0.671. The molecule has 0 atom stereocenters. The molecular formula is C12H15F2N. The highest BCUT2D eigenvalue weighted by atomic mass is 19.1. The summed E-state index contributed by atoms with van der Waals surface area (Å²) >= 11 is 0. The molecule has 0 spiro atoms. The fourth-order valence-corrected chi connectivity index (χ4v) is 2.15. The van der Waals surface area contributed by atoms with Crippen LogP contribution in [0, 0.1) is 11.6 Å². The van der Waals surface area contributed by atoms with Gasteiger partial charge in [-0.1, -0.05) is 6.07 Å². The molecule has 1 nitrogen and oxygen atoms in total. The zero-order valence-corrected chi connectivity index (χ0v) is 8.84. The Morgan fingerprint density at radius 1 is 1.20 bits per heavy atom. The van der Waals surface area contributed by atoms with Crippen LogP contribution in [-0.2, 0) is 0 Å². The summed E-state index contributed by atoms with van der Waals surface area (Å²) in [6, 6.07) is 3.91. The molecule has 1 saturated heterocycles. The Balaban J connectivity index is 2.15. The molecule has 0 amide bonds. The molecule has 0 aliphatic carbocycles. The van der Waals surface area contributed by atoms with Gasteiger partial charge in [0.05, 0.1) is 0 Å². The highest BCUT2D eigenvalue weighted by Gasteiger charge is 2.21. The minimum Gasteiger partial charge on any atom is -0.306 e. The van der Waals surface area contributed by atoms with E-state index in [1.165, 1.54) is 6.07 Å². The predicted octanol–water partition coefficient (Wildman–Crippen LogP) is 2.77. The lowest BCUT2D eigenvalue weighted by Crippen LogP contribution is -2.29. The molecule has 1 fully saturated rings. The lowest BCUT2D eigenvalue weighted by atomic mass is 9.89. The monoisotopic (exact) mass is 211 g/mol. The van der Waals surface area contributed by atoms with Crippen molar-refractivity contribution in [2.24, 2.45) is 0 Å². The van der Waals surface area contributed by atoms with E-state index in [0.717, 1.165) is 32.0 Å². The van der Waals surface area contributed by atoms with Gasteiger partial charge in [0.1, 0.15) is 11.6 Å². The largest absolute Gasteiger partial charge is 0.306 e. The fourth-order valence-electron chi connectivity index (χ4n) is 2.15. The third-order valence-electron chi connectivity index (χ3n) is 3.12. The van der Waals surface area contributed by atoms with Gasteiger partial charge in [-0.05, 0) is 50.5 Å². The highest BCUT2D eigenvalue weighted by Crippen LogP contribution is 2.29. The van der Waals surface area contributed by atoms with Crippen LogP contribution in [0.2, 0.25) is 0 Å². The van der Waals surface area contributed by atoms with Gasteiger partial charge in [0.15, 0.2) is 0 Å². The molecular weight excluding hydrogens is 196 g/mol. The van der Waals surface area contributed by atoms with Gasteiger partial charge in [-0.25, -0.2) is 8.78 Å². The Bertz CT molecular complexity index is 343. The van der Waals surface area contributed by atoms with Crippen molar-refractivity contribution in [1.82, 2.24) is 4.90 Å². The second-order valence-electron chi connectivity index (χ2n) is 4.24. The zero-order chi connectivity index (χ0) is 10.8. The lowest BCUT2D eigenvalue weighted by Gasteiger charge is -2.29. The SMILES string of the molecule is CN1CCC(c2ccc(F)cc2F)CC1. The number of rotatable bonds is 1. The van der Waals surface area contributed by atoms with Gasteiger partial charge >= 0.3 is 0 Å². The minimum absolute atomic E-state index is 0.252. The van der Waals surface area contributed by atoms with Crippen molar-refractivity contribution < 1.29 is 8.78 Å². The molecule has 0 radical (unpaired) electrons. The number of nitrogens with zero attached hydrogens (tertiary/aromatic N) is 1. The van der Waals surface area contributed by atoms with Crippen LogP contribution in [0.15, 0.2) is 18.2 Å². The summed E-state index contributed by atoms with van der Waals surface area (Å²) in [4.78, 5) is 2.23. The average molecular weight is 211 g/mol. The zero-order valence-electron chi connectivity index (χ0n) is 8.84. The summed E-state index contributed by atoms with van der Waals surface area (Å²) in [6.07, 6.45) is 1.91. The Morgan fingerprint density at radius 3 is 2.47 bits per heavy atom. The summed E-state index contributed by atoms with van der Waals surface area (Å²) in [5, 5.41) is 0. The van der Waals surface area contributed by atoms with Crippen molar-refractivity contribution in [1.29, 1.82) is 0 Å². The predicted molar refractivity (Wildman–Crippen MR) is 55.8 cm³/mol. The van der Waals surface area contributed by atoms with E-state index in [9.17, 15) is 8.78 Å². The van der Waals surface area contributed by atoms with Gasteiger partial charge in [-0.2, -0.15) is 0 Å². The van der Waals surface area contributed by atoms with Gasteiger partial charge in [-0.15, -0.1) is 0 Å². The Labute approximate surface area is 88.7 Å². The number of benzene rings is 1. The van der Waals surface area contributed by atoms with Gasteiger partial charge in [0.25, 0.3) is 0 Å². The normalized spacial score (nSPS) is 19.4.